The molecule has 0 saturated carbocycles. The Balaban J connectivity index is 2.34. The second-order valence-electron chi connectivity index (χ2n) is 3.37. The van der Waals surface area contributed by atoms with Crippen molar-refractivity contribution in [1.29, 1.82) is 0 Å². The van der Waals surface area contributed by atoms with E-state index in [1.165, 1.54) is 6.07 Å². The molecule has 0 aliphatic rings. The van der Waals surface area contributed by atoms with E-state index in [0.29, 0.717) is 12.4 Å². The maximum Gasteiger partial charge on any atom is 0.250 e. The molecule has 2 heterocycles. The van der Waals surface area contributed by atoms with Gasteiger partial charge in [0.05, 0.1) is 12.2 Å². The first-order chi connectivity index (χ1) is 7.65. The van der Waals surface area contributed by atoms with Crippen molar-refractivity contribution in [2.24, 2.45) is 0 Å². The second-order valence-corrected chi connectivity index (χ2v) is 4.28. The van der Waals surface area contributed by atoms with E-state index in [9.17, 15) is 4.79 Å². The summed E-state index contributed by atoms with van der Waals surface area (Å²) < 4.78 is 2.43. The Kier molecular flexibility index (Phi) is 3.05. The summed E-state index contributed by atoms with van der Waals surface area (Å²) >= 11 is 3.32. The first-order valence-electron chi connectivity index (χ1n) is 4.72. The van der Waals surface area contributed by atoms with Crippen LogP contribution in [0.3, 0.4) is 0 Å². The maximum atomic E-state index is 11.5. The van der Waals surface area contributed by atoms with Crippen molar-refractivity contribution in [3.8, 4) is 0 Å². The van der Waals surface area contributed by atoms with Crippen molar-refractivity contribution >= 4 is 21.7 Å². The molecule has 0 aromatic carbocycles. The van der Waals surface area contributed by atoms with E-state index < -0.39 is 0 Å². The Bertz CT molecular complexity index is 565. The van der Waals surface area contributed by atoms with Gasteiger partial charge in [0.1, 0.15) is 5.82 Å². The minimum absolute atomic E-state index is 0.0626. The highest BCUT2D eigenvalue weighted by molar-refractivity contribution is 9.10. The van der Waals surface area contributed by atoms with Crippen LogP contribution in [0.25, 0.3) is 0 Å². The molecule has 2 aromatic heterocycles. The highest BCUT2D eigenvalue weighted by atomic mass is 79.9. The first kappa shape index (κ1) is 10.9. The van der Waals surface area contributed by atoms with Gasteiger partial charge in [-0.3, -0.25) is 4.79 Å². The number of rotatable bonds is 2. The van der Waals surface area contributed by atoms with E-state index >= 15 is 0 Å². The van der Waals surface area contributed by atoms with Gasteiger partial charge >= 0.3 is 0 Å². The van der Waals surface area contributed by atoms with Crippen LogP contribution < -0.4 is 11.3 Å². The Labute approximate surface area is 101 Å². The molecule has 0 fully saturated rings. The summed E-state index contributed by atoms with van der Waals surface area (Å²) in [7, 11) is 0. The van der Waals surface area contributed by atoms with Crippen LogP contribution in [0.5, 0.6) is 0 Å². The standard InChI is InChI=1S/C11H10BrN3O/c12-8-4-5-11(16)15(6-8)7-9-2-1-3-10(13)14-9/h1-6H,7H2,(H2,13,14). The molecule has 0 amide bonds. The number of hydrogen-bond donors (Lipinski definition) is 1. The van der Waals surface area contributed by atoms with Crippen LogP contribution in [0.15, 0.2) is 45.8 Å². The first-order valence-corrected chi connectivity index (χ1v) is 5.52. The minimum atomic E-state index is -0.0626. The summed E-state index contributed by atoms with van der Waals surface area (Å²) in [5.74, 6) is 0.459. The lowest BCUT2D eigenvalue weighted by Crippen LogP contribution is -2.19. The van der Waals surface area contributed by atoms with Crippen molar-refractivity contribution < 1.29 is 0 Å². The van der Waals surface area contributed by atoms with Gasteiger partial charge in [0, 0.05) is 16.7 Å². The van der Waals surface area contributed by atoms with E-state index in [2.05, 4.69) is 20.9 Å². The van der Waals surface area contributed by atoms with Crippen molar-refractivity contribution in [1.82, 2.24) is 9.55 Å². The average molecular weight is 280 g/mol. The molecule has 0 saturated heterocycles. The van der Waals surface area contributed by atoms with Crippen molar-refractivity contribution in [3.05, 3.63) is 57.0 Å². The average Bonchev–Trinajstić information content (AvgIpc) is 2.24. The molecule has 4 nitrogen and oxygen atoms in total. The number of anilines is 1. The third kappa shape index (κ3) is 2.49. The molecule has 2 N–H and O–H groups in total. The summed E-state index contributed by atoms with van der Waals surface area (Å²) in [5, 5.41) is 0. The summed E-state index contributed by atoms with van der Waals surface area (Å²) in [6.07, 6.45) is 1.73. The molecular formula is C11H10BrN3O. The largest absolute Gasteiger partial charge is 0.384 e. The van der Waals surface area contributed by atoms with Gasteiger partial charge in [-0.1, -0.05) is 6.07 Å². The quantitative estimate of drug-likeness (QED) is 0.909. The molecule has 5 heteroatoms. The monoisotopic (exact) mass is 279 g/mol. The zero-order valence-electron chi connectivity index (χ0n) is 8.43. The van der Waals surface area contributed by atoms with Gasteiger partial charge in [0.25, 0.3) is 5.56 Å². The van der Waals surface area contributed by atoms with Crippen molar-refractivity contribution in [3.63, 3.8) is 0 Å². The third-order valence-corrected chi connectivity index (χ3v) is 2.58. The molecule has 0 atom stereocenters. The molecule has 82 valence electrons. The van der Waals surface area contributed by atoms with Crippen LogP contribution in [-0.4, -0.2) is 9.55 Å². The number of hydrogen-bond acceptors (Lipinski definition) is 3. The smallest absolute Gasteiger partial charge is 0.250 e. The minimum Gasteiger partial charge on any atom is -0.384 e. The van der Waals surface area contributed by atoms with E-state index in [4.69, 9.17) is 5.73 Å². The third-order valence-electron chi connectivity index (χ3n) is 2.11. The Morgan fingerprint density at radius 1 is 1.31 bits per heavy atom. The normalized spacial score (nSPS) is 10.3. The van der Waals surface area contributed by atoms with Gasteiger partial charge < -0.3 is 10.3 Å². The van der Waals surface area contributed by atoms with Crippen molar-refractivity contribution in [2.75, 3.05) is 5.73 Å². The molecule has 0 bridgehead atoms. The fourth-order valence-electron chi connectivity index (χ4n) is 1.39. The fourth-order valence-corrected chi connectivity index (χ4v) is 1.77. The topological polar surface area (TPSA) is 60.9 Å². The molecule has 2 aromatic rings. The van der Waals surface area contributed by atoms with Crippen molar-refractivity contribution in [2.45, 2.75) is 6.54 Å². The van der Waals surface area contributed by atoms with E-state index in [1.807, 2.05) is 12.1 Å². The lowest BCUT2D eigenvalue weighted by molar-refractivity contribution is 0.738. The van der Waals surface area contributed by atoms with E-state index in [1.54, 1.807) is 22.9 Å². The zero-order chi connectivity index (χ0) is 11.5. The van der Waals surface area contributed by atoms with Crippen LogP contribution in [0.1, 0.15) is 5.69 Å². The lowest BCUT2D eigenvalue weighted by atomic mass is 10.3. The maximum absolute atomic E-state index is 11.5. The fraction of sp³-hybridized carbons (Fsp3) is 0.0909. The van der Waals surface area contributed by atoms with Crippen LogP contribution in [0, 0.1) is 0 Å². The second kappa shape index (κ2) is 4.49. The molecule has 0 aliphatic heterocycles. The molecule has 16 heavy (non-hydrogen) atoms. The number of aromatic nitrogens is 2. The van der Waals surface area contributed by atoms with Crippen LogP contribution in [0.4, 0.5) is 5.82 Å². The summed E-state index contributed by atoms with van der Waals surface area (Å²) in [5.41, 5.74) is 6.27. The highest BCUT2D eigenvalue weighted by Gasteiger charge is 2.00. The van der Waals surface area contributed by atoms with Crippen LogP contribution in [0.2, 0.25) is 0 Å². The van der Waals surface area contributed by atoms with Gasteiger partial charge in [-0.15, -0.1) is 0 Å². The number of halogens is 1. The predicted molar refractivity (Wildman–Crippen MR) is 66.2 cm³/mol. The zero-order valence-corrected chi connectivity index (χ0v) is 10.0. The Hall–Kier alpha value is -1.62. The molecule has 0 radical (unpaired) electrons. The number of nitrogen functional groups attached to an aromatic ring is 1. The summed E-state index contributed by atoms with van der Waals surface area (Å²) in [6, 6.07) is 8.60. The molecular weight excluding hydrogens is 270 g/mol. The molecule has 0 spiro atoms. The number of nitrogens with two attached hydrogens (primary N) is 1. The molecule has 0 aliphatic carbocycles. The summed E-state index contributed by atoms with van der Waals surface area (Å²) in [4.78, 5) is 15.7. The Morgan fingerprint density at radius 3 is 2.88 bits per heavy atom. The van der Waals surface area contributed by atoms with E-state index in [0.717, 1.165) is 10.2 Å². The summed E-state index contributed by atoms with van der Waals surface area (Å²) in [6.45, 7) is 0.420. The van der Waals surface area contributed by atoms with Gasteiger partial charge in [-0.25, -0.2) is 4.98 Å². The molecule has 0 unspecified atom stereocenters. The van der Waals surface area contributed by atoms with Gasteiger partial charge in [-0.2, -0.15) is 0 Å². The highest BCUT2D eigenvalue weighted by Crippen LogP contribution is 2.07. The number of pyridine rings is 2. The lowest BCUT2D eigenvalue weighted by Gasteiger charge is -2.05. The van der Waals surface area contributed by atoms with Gasteiger partial charge in [0.2, 0.25) is 0 Å². The Morgan fingerprint density at radius 2 is 2.12 bits per heavy atom. The van der Waals surface area contributed by atoms with E-state index in [-0.39, 0.29) is 5.56 Å². The molecule has 2 rings (SSSR count). The predicted octanol–water partition coefficient (Wildman–Crippen LogP) is 1.64. The van der Waals surface area contributed by atoms with Gasteiger partial charge in [-0.05, 0) is 34.1 Å². The SMILES string of the molecule is Nc1cccc(Cn2cc(Br)ccc2=O)n1. The van der Waals surface area contributed by atoms with Crippen LogP contribution >= 0.6 is 15.9 Å². The number of nitrogens with zero attached hydrogens (tertiary/aromatic N) is 2. The van der Waals surface area contributed by atoms with Gasteiger partial charge in [0.15, 0.2) is 0 Å². The van der Waals surface area contributed by atoms with Crippen LogP contribution in [-0.2, 0) is 6.54 Å².